The largest absolute Gasteiger partial charge is 0.422 e. The first-order valence-corrected chi connectivity index (χ1v) is 5.72. The molecule has 0 N–H and O–H groups in total. The highest BCUT2D eigenvalue weighted by molar-refractivity contribution is 7.11. The van der Waals surface area contributed by atoms with Crippen molar-refractivity contribution in [3.63, 3.8) is 0 Å². The molecule has 2 rings (SSSR count). The zero-order chi connectivity index (χ0) is 11.5. The van der Waals surface area contributed by atoms with Gasteiger partial charge in [-0.2, -0.15) is 0 Å². The van der Waals surface area contributed by atoms with Gasteiger partial charge in [-0.25, -0.2) is 4.79 Å². The van der Waals surface area contributed by atoms with Gasteiger partial charge in [0.15, 0.2) is 0 Å². The van der Waals surface area contributed by atoms with E-state index in [1.807, 2.05) is 32.0 Å². The third-order valence-corrected chi connectivity index (χ3v) is 2.92. The van der Waals surface area contributed by atoms with E-state index in [4.69, 9.17) is 4.74 Å². The van der Waals surface area contributed by atoms with Gasteiger partial charge in [-0.3, -0.25) is 4.98 Å². The molecule has 4 heteroatoms. The molecule has 0 aliphatic heterocycles. The fourth-order valence-electron chi connectivity index (χ4n) is 1.38. The van der Waals surface area contributed by atoms with E-state index < -0.39 is 0 Å². The second kappa shape index (κ2) is 4.45. The van der Waals surface area contributed by atoms with Crippen molar-refractivity contribution in [2.45, 2.75) is 13.8 Å². The van der Waals surface area contributed by atoms with Crippen LogP contribution < -0.4 is 4.74 Å². The normalized spacial score (nSPS) is 10.1. The van der Waals surface area contributed by atoms with Crippen molar-refractivity contribution in [3.05, 3.63) is 45.9 Å². The minimum absolute atomic E-state index is 0.352. The lowest BCUT2D eigenvalue weighted by Crippen LogP contribution is -2.07. The molecule has 82 valence electrons. The number of rotatable bonds is 2. The fourth-order valence-corrected chi connectivity index (χ4v) is 1.88. The highest BCUT2D eigenvalue weighted by Gasteiger charge is 2.11. The summed E-state index contributed by atoms with van der Waals surface area (Å²) in [5.74, 6) is 0.249. The molecule has 1 aromatic carbocycles. The first kappa shape index (κ1) is 10.8. The van der Waals surface area contributed by atoms with E-state index in [1.165, 1.54) is 17.5 Å². The lowest BCUT2D eigenvalue weighted by atomic mass is 10.1. The topological polar surface area (TPSA) is 39.2 Å². The van der Waals surface area contributed by atoms with Crippen LogP contribution in [0.15, 0.2) is 29.9 Å². The molecule has 0 radical (unpaired) electrons. The predicted octanol–water partition coefficient (Wildman–Crippen LogP) is 2.98. The number of esters is 1. The second-order valence-corrected chi connectivity index (χ2v) is 4.41. The number of aryl methyl sites for hydroxylation is 2. The van der Waals surface area contributed by atoms with Gasteiger partial charge in [0.25, 0.3) is 0 Å². The molecule has 0 spiro atoms. The van der Waals surface area contributed by atoms with Gasteiger partial charge in [0.05, 0.1) is 11.7 Å². The summed E-state index contributed by atoms with van der Waals surface area (Å²) in [6, 6.07) is 5.71. The molecule has 0 aliphatic rings. The average Bonchev–Trinajstić information content (AvgIpc) is 2.75. The second-order valence-electron chi connectivity index (χ2n) is 3.52. The lowest BCUT2D eigenvalue weighted by Gasteiger charge is -2.06. The number of aromatic nitrogens is 1. The van der Waals surface area contributed by atoms with Gasteiger partial charge >= 0.3 is 5.97 Å². The standard InChI is InChI=1S/C12H11NO2S/c1-8-3-4-10(9(2)5-8)15-12(14)11-6-13-7-16-11/h3-7H,1-2H3. The molecule has 0 atom stereocenters. The number of carbonyl (C=O) groups excluding carboxylic acids is 1. The lowest BCUT2D eigenvalue weighted by molar-refractivity contribution is 0.0738. The van der Waals surface area contributed by atoms with Gasteiger partial charge in [-0.1, -0.05) is 17.7 Å². The Hall–Kier alpha value is -1.68. The SMILES string of the molecule is Cc1ccc(OC(=O)c2cncs2)c(C)c1. The van der Waals surface area contributed by atoms with E-state index in [2.05, 4.69) is 4.98 Å². The zero-order valence-electron chi connectivity index (χ0n) is 9.06. The molecule has 0 saturated heterocycles. The number of carbonyl (C=O) groups is 1. The van der Waals surface area contributed by atoms with Gasteiger partial charge in [0.2, 0.25) is 0 Å². The molecule has 1 heterocycles. The molecule has 16 heavy (non-hydrogen) atoms. The number of ether oxygens (including phenoxy) is 1. The van der Waals surface area contributed by atoms with Crippen LogP contribution in [0.2, 0.25) is 0 Å². The summed E-state index contributed by atoms with van der Waals surface area (Å²) in [6.45, 7) is 3.92. The van der Waals surface area contributed by atoms with Crippen LogP contribution in [-0.4, -0.2) is 11.0 Å². The molecule has 2 aromatic rings. The summed E-state index contributed by atoms with van der Waals surface area (Å²) < 4.78 is 5.28. The average molecular weight is 233 g/mol. The highest BCUT2D eigenvalue weighted by Crippen LogP contribution is 2.20. The van der Waals surface area contributed by atoms with Crippen molar-refractivity contribution < 1.29 is 9.53 Å². The van der Waals surface area contributed by atoms with Crippen molar-refractivity contribution in [3.8, 4) is 5.75 Å². The molecular formula is C12H11NO2S. The Balaban J connectivity index is 2.18. The Morgan fingerprint density at radius 3 is 2.81 bits per heavy atom. The zero-order valence-corrected chi connectivity index (χ0v) is 9.88. The molecule has 0 aliphatic carbocycles. The van der Waals surface area contributed by atoms with Gasteiger partial charge < -0.3 is 4.74 Å². The van der Waals surface area contributed by atoms with Gasteiger partial charge in [0, 0.05) is 0 Å². The van der Waals surface area contributed by atoms with E-state index in [9.17, 15) is 4.79 Å². The molecule has 0 bridgehead atoms. The van der Waals surface area contributed by atoms with Crippen LogP contribution in [-0.2, 0) is 0 Å². The number of nitrogens with zero attached hydrogens (tertiary/aromatic N) is 1. The summed E-state index contributed by atoms with van der Waals surface area (Å²) in [5, 5.41) is 0. The molecule has 0 amide bonds. The summed E-state index contributed by atoms with van der Waals surface area (Å²) in [4.78, 5) is 16.0. The maximum atomic E-state index is 11.7. The Labute approximate surface area is 97.7 Å². The number of thiazole rings is 1. The molecule has 3 nitrogen and oxygen atoms in total. The van der Waals surface area contributed by atoms with Crippen molar-refractivity contribution in [1.82, 2.24) is 4.98 Å². The molecule has 0 fully saturated rings. The third-order valence-electron chi connectivity index (χ3n) is 2.17. The van der Waals surface area contributed by atoms with Crippen LogP contribution in [0.25, 0.3) is 0 Å². The fraction of sp³-hybridized carbons (Fsp3) is 0.167. The summed E-state index contributed by atoms with van der Waals surface area (Å²) in [7, 11) is 0. The predicted molar refractivity (Wildman–Crippen MR) is 63.0 cm³/mol. The van der Waals surface area contributed by atoms with E-state index in [0.29, 0.717) is 10.6 Å². The van der Waals surface area contributed by atoms with Crippen LogP contribution in [0.3, 0.4) is 0 Å². The van der Waals surface area contributed by atoms with Crippen molar-refractivity contribution >= 4 is 17.3 Å². The van der Waals surface area contributed by atoms with Crippen LogP contribution in [0.5, 0.6) is 5.75 Å². The molecule has 0 saturated carbocycles. The smallest absolute Gasteiger partial charge is 0.355 e. The van der Waals surface area contributed by atoms with E-state index in [0.717, 1.165) is 11.1 Å². The van der Waals surface area contributed by atoms with E-state index in [-0.39, 0.29) is 5.97 Å². The summed E-state index contributed by atoms with van der Waals surface area (Å²) >= 11 is 1.27. The van der Waals surface area contributed by atoms with Crippen LogP contribution in [0.1, 0.15) is 20.8 Å². The van der Waals surface area contributed by atoms with Gasteiger partial charge in [-0.15, -0.1) is 11.3 Å². The summed E-state index contributed by atoms with van der Waals surface area (Å²) in [6.07, 6.45) is 1.51. The first-order valence-electron chi connectivity index (χ1n) is 4.85. The van der Waals surface area contributed by atoms with Crippen molar-refractivity contribution in [1.29, 1.82) is 0 Å². The summed E-state index contributed by atoms with van der Waals surface area (Å²) in [5.41, 5.74) is 3.71. The van der Waals surface area contributed by atoms with Crippen LogP contribution in [0.4, 0.5) is 0 Å². The van der Waals surface area contributed by atoms with Crippen molar-refractivity contribution in [2.75, 3.05) is 0 Å². The quantitative estimate of drug-likeness (QED) is 0.591. The van der Waals surface area contributed by atoms with Gasteiger partial charge in [0.1, 0.15) is 10.6 Å². The van der Waals surface area contributed by atoms with Gasteiger partial charge in [-0.05, 0) is 25.5 Å². The monoisotopic (exact) mass is 233 g/mol. The first-order chi connectivity index (χ1) is 7.66. The minimum Gasteiger partial charge on any atom is -0.422 e. The van der Waals surface area contributed by atoms with E-state index >= 15 is 0 Å². The molecule has 0 unspecified atom stereocenters. The maximum absolute atomic E-state index is 11.7. The number of benzene rings is 1. The van der Waals surface area contributed by atoms with Crippen molar-refractivity contribution in [2.24, 2.45) is 0 Å². The maximum Gasteiger partial charge on any atom is 0.355 e. The van der Waals surface area contributed by atoms with Crippen LogP contribution >= 0.6 is 11.3 Å². The number of hydrogen-bond acceptors (Lipinski definition) is 4. The minimum atomic E-state index is -0.352. The Morgan fingerprint density at radius 1 is 1.38 bits per heavy atom. The van der Waals surface area contributed by atoms with E-state index in [1.54, 1.807) is 5.51 Å². The Kier molecular flexibility index (Phi) is 3.01. The number of hydrogen-bond donors (Lipinski definition) is 0. The van der Waals surface area contributed by atoms with Crippen LogP contribution in [0, 0.1) is 13.8 Å². The third kappa shape index (κ3) is 2.28. The Bertz CT molecular complexity index is 506. The molecule has 1 aromatic heterocycles. The highest BCUT2D eigenvalue weighted by atomic mass is 32.1. The Morgan fingerprint density at radius 2 is 2.19 bits per heavy atom. The molecular weight excluding hydrogens is 222 g/mol.